The van der Waals surface area contributed by atoms with Crippen molar-refractivity contribution in [1.29, 1.82) is 0 Å². The maximum absolute atomic E-state index is 5.51. The fourth-order valence-corrected chi connectivity index (χ4v) is 1.58. The molecule has 0 saturated heterocycles. The van der Waals surface area contributed by atoms with Gasteiger partial charge >= 0.3 is 0 Å². The van der Waals surface area contributed by atoms with E-state index < -0.39 is 0 Å². The molecule has 0 aliphatic rings. The molecule has 0 aliphatic heterocycles. The smallest absolute Gasteiger partial charge is 0.0477 e. The second kappa shape index (κ2) is 13.4. The van der Waals surface area contributed by atoms with Crippen LogP contribution in [0.2, 0.25) is 0 Å². The van der Waals surface area contributed by atoms with Crippen LogP contribution in [0.4, 0.5) is 0 Å². The quantitative estimate of drug-likeness (QED) is 0.269. The molecule has 1 nitrogen and oxygen atoms in total. The van der Waals surface area contributed by atoms with Gasteiger partial charge < -0.3 is 5.73 Å². The highest BCUT2D eigenvalue weighted by atomic mass is 127. The van der Waals surface area contributed by atoms with Crippen LogP contribution < -0.4 is 5.73 Å². The van der Waals surface area contributed by atoms with Crippen LogP contribution in [0.5, 0.6) is 0 Å². The number of nitrogens with two attached hydrogens (primary N) is 1. The molecule has 1 unspecified atom stereocenters. The molecule has 82 valence electrons. The lowest BCUT2D eigenvalue weighted by atomic mass is 10.1. The molecule has 0 heterocycles. The van der Waals surface area contributed by atoms with E-state index in [0.717, 1.165) is 12.2 Å². The Balaban J connectivity index is 0. The molecule has 0 aromatic rings. The molecule has 13 heavy (non-hydrogen) atoms. The largest absolute Gasteiger partial charge is 0.320 e. The molecule has 1 atom stereocenters. The topological polar surface area (TPSA) is 26.0 Å². The first-order chi connectivity index (χ1) is 5.77. The lowest BCUT2D eigenvalue weighted by molar-refractivity contribution is 0.587. The van der Waals surface area contributed by atoms with Crippen LogP contribution in [0.25, 0.3) is 0 Å². The third-order valence-corrected chi connectivity index (χ3v) is 2.48. The standard InChI is InChI=1S/C9H21NS2.HI/c10-9(12)7-5-3-1-2-4-6-8-11;/h9,11-12H,1-8,10H2;1H. The fraction of sp³-hybridized carbons (Fsp3) is 1.00. The van der Waals surface area contributed by atoms with Crippen LogP contribution in [-0.4, -0.2) is 11.1 Å². The molecule has 0 fully saturated rings. The van der Waals surface area contributed by atoms with Gasteiger partial charge in [0.15, 0.2) is 0 Å². The van der Waals surface area contributed by atoms with Crippen molar-refractivity contribution in [2.75, 3.05) is 5.75 Å². The summed E-state index contributed by atoms with van der Waals surface area (Å²) in [6, 6.07) is 0. The molecule has 0 spiro atoms. The Morgan fingerprint density at radius 1 is 0.923 bits per heavy atom. The van der Waals surface area contributed by atoms with Gasteiger partial charge in [0.1, 0.15) is 0 Å². The van der Waals surface area contributed by atoms with E-state index in [1.54, 1.807) is 0 Å². The minimum absolute atomic E-state index is 0. The Morgan fingerprint density at radius 3 is 1.85 bits per heavy atom. The summed E-state index contributed by atoms with van der Waals surface area (Å²) in [5, 5.41) is 0.0856. The summed E-state index contributed by atoms with van der Waals surface area (Å²) in [4.78, 5) is 0. The highest BCUT2D eigenvalue weighted by Gasteiger charge is 1.94. The van der Waals surface area contributed by atoms with Gasteiger partial charge in [0.05, 0.1) is 0 Å². The zero-order valence-corrected chi connectivity index (χ0v) is 12.2. The predicted molar refractivity (Wildman–Crippen MR) is 78.5 cm³/mol. The number of unbranched alkanes of at least 4 members (excludes halogenated alkanes) is 5. The first kappa shape index (κ1) is 16.8. The van der Waals surface area contributed by atoms with Crippen molar-refractivity contribution < 1.29 is 0 Å². The molecule has 2 N–H and O–H groups in total. The summed E-state index contributed by atoms with van der Waals surface area (Å²) < 4.78 is 0. The van der Waals surface area contributed by atoms with Crippen LogP contribution in [0, 0.1) is 0 Å². The summed E-state index contributed by atoms with van der Waals surface area (Å²) in [7, 11) is 0. The Bertz CT molecular complexity index is 91.7. The van der Waals surface area contributed by atoms with Gasteiger partial charge in [-0.15, -0.1) is 24.0 Å². The Labute approximate surface area is 110 Å². The molecule has 0 radical (unpaired) electrons. The third-order valence-electron chi connectivity index (χ3n) is 1.91. The average molecular weight is 335 g/mol. The maximum Gasteiger partial charge on any atom is 0.0477 e. The van der Waals surface area contributed by atoms with E-state index in [2.05, 4.69) is 25.3 Å². The van der Waals surface area contributed by atoms with Crippen molar-refractivity contribution in [3.05, 3.63) is 0 Å². The second-order valence-corrected chi connectivity index (χ2v) is 4.31. The Hall–Kier alpha value is 1.39. The summed E-state index contributed by atoms with van der Waals surface area (Å²) in [5.74, 6) is 1.03. The Morgan fingerprint density at radius 2 is 1.38 bits per heavy atom. The Kier molecular flexibility index (Phi) is 17.3. The highest BCUT2D eigenvalue weighted by Crippen LogP contribution is 2.09. The second-order valence-electron chi connectivity index (χ2n) is 3.20. The third kappa shape index (κ3) is 16.1. The number of rotatable bonds is 8. The highest BCUT2D eigenvalue weighted by molar-refractivity contribution is 14.0. The molecular formula is C9H22INS2. The normalized spacial score (nSPS) is 12.2. The van der Waals surface area contributed by atoms with Crippen LogP contribution in [0.15, 0.2) is 0 Å². The van der Waals surface area contributed by atoms with Gasteiger partial charge in [0, 0.05) is 5.37 Å². The first-order valence-corrected chi connectivity index (χ1v) is 5.96. The summed E-state index contributed by atoms with van der Waals surface area (Å²) >= 11 is 8.29. The van der Waals surface area contributed by atoms with Crippen LogP contribution >= 0.6 is 49.2 Å². The van der Waals surface area contributed by atoms with E-state index in [1.165, 1.54) is 38.5 Å². The van der Waals surface area contributed by atoms with E-state index >= 15 is 0 Å². The molecule has 0 aliphatic carbocycles. The van der Waals surface area contributed by atoms with Gasteiger partial charge in [-0.1, -0.05) is 32.1 Å². The summed E-state index contributed by atoms with van der Waals surface area (Å²) in [5.41, 5.74) is 5.51. The summed E-state index contributed by atoms with van der Waals surface area (Å²) in [6.07, 6.45) is 8.87. The van der Waals surface area contributed by atoms with E-state index in [9.17, 15) is 0 Å². The molecular weight excluding hydrogens is 313 g/mol. The van der Waals surface area contributed by atoms with Gasteiger partial charge in [0.2, 0.25) is 0 Å². The molecule has 0 aromatic heterocycles. The predicted octanol–water partition coefficient (Wildman–Crippen LogP) is 3.48. The number of hydrogen-bond donors (Lipinski definition) is 3. The van der Waals surface area contributed by atoms with Gasteiger partial charge in [-0.3, -0.25) is 0 Å². The number of halogens is 1. The first-order valence-electron chi connectivity index (χ1n) is 4.82. The van der Waals surface area contributed by atoms with Gasteiger partial charge in [0.25, 0.3) is 0 Å². The zero-order chi connectivity index (χ0) is 9.23. The van der Waals surface area contributed by atoms with E-state index in [-0.39, 0.29) is 29.4 Å². The van der Waals surface area contributed by atoms with Crippen molar-refractivity contribution >= 4 is 49.2 Å². The van der Waals surface area contributed by atoms with Crippen LogP contribution in [0.1, 0.15) is 44.9 Å². The maximum atomic E-state index is 5.51. The van der Waals surface area contributed by atoms with E-state index in [0.29, 0.717) is 0 Å². The molecule has 0 amide bonds. The van der Waals surface area contributed by atoms with Gasteiger partial charge in [-0.25, -0.2) is 0 Å². The monoisotopic (exact) mass is 335 g/mol. The van der Waals surface area contributed by atoms with Crippen molar-refractivity contribution in [2.45, 2.75) is 50.3 Å². The molecule has 0 aromatic carbocycles. The fourth-order valence-electron chi connectivity index (χ4n) is 1.17. The van der Waals surface area contributed by atoms with Crippen molar-refractivity contribution in [3.63, 3.8) is 0 Å². The zero-order valence-electron chi connectivity index (χ0n) is 8.11. The molecule has 0 rings (SSSR count). The van der Waals surface area contributed by atoms with E-state index in [1.807, 2.05) is 0 Å². The van der Waals surface area contributed by atoms with Gasteiger partial charge in [-0.05, 0) is 18.6 Å². The minimum Gasteiger partial charge on any atom is -0.320 e. The lowest BCUT2D eigenvalue weighted by Crippen LogP contribution is -2.10. The SMILES string of the molecule is I.NC(S)CCCCCCCCS. The molecule has 0 bridgehead atoms. The van der Waals surface area contributed by atoms with Crippen molar-refractivity contribution in [3.8, 4) is 0 Å². The number of thiol groups is 2. The lowest BCUT2D eigenvalue weighted by Gasteiger charge is -2.03. The van der Waals surface area contributed by atoms with Crippen molar-refractivity contribution in [2.24, 2.45) is 5.73 Å². The van der Waals surface area contributed by atoms with Crippen LogP contribution in [-0.2, 0) is 0 Å². The van der Waals surface area contributed by atoms with E-state index in [4.69, 9.17) is 5.73 Å². The average Bonchev–Trinajstić information content (AvgIpc) is 2.02. The van der Waals surface area contributed by atoms with Crippen LogP contribution in [0.3, 0.4) is 0 Å². The molecule has 0 saturated carbocycles. The number of hydrogen-bond acceptors (Lipinski definition) is 3. The van der Waals surface area contributed by atoms with Gasteiger partial charge in [-0.2, -0.15) is 25.3 Å². The minimum atomic E-state index is 0. The summed E-state index contributed by atoms with van der Waals surface area (Å²) in [6.45, 7) is 0. The van der Waals surface area contributed by atoms with Crippen molar-refractivity contribution in [1.82, 2.24) is 0 Å². The molecule has 4 heteroatoms.